The van der Waals surface area contributed by atoms with Crippen LogP contribution in [0.3, 0.4) is 0 Å². The number of rotatable bonds is 5. The number of aliphatic hydroxyl groups is 1. The second-order valence-corrected chi connectivity index (χ2v) is 5.36. The zero-order valence-corrected chi connectivity index (χ0v) is 12.8. The molecule has 0 unspecified atom stereocenters. The molecule has 0 aliphatic rings. The fourth-order valence-corrected chi connectivity index (χ4v) is 2.58. The van der Waals surface area contributed by atoms with Crippen molar-refractivity contribution in [1.82, 2.24) is 0 Å². The Labute approximate surface area is 129 Å². The molecular weight excluding hydrogens is 293 g/mol. The summed E-state index contributed by atoms with van der Waals surface area (Å²) in [4.78, 5) is 0. The van der Waals surface area contributed by atoms with Gasteiger partial charge in [-0.2, -0.15) is 0 Å². The number of benzene rings is 2. The molecule has 106 valence electrons. The van der Waals surface area contributed by atoms with E-state index in [0.29, 0.717) is 10.0 Å². The highest BCUT2D eigenvalue weighted by molar-refractivity contribution is 6.42. The van der Waals surface area contributed by atoms with E-state index in [1.54, 1.807) is 0 Å². The Hall–Kier alpha value is -1.22. The summed E-state index contributed by atoms with van der Waals surface area (Å²) in [6.07, 6.45) is 1.56. The topological polar surface area (TPSA) is 32.3 Å². The molecule has 0 radical (unpaired) electrons. The van der Waals surface area contributed by atoms with E-state index in [1.165, 1.54) is 5.56 Å². The van der Waals surface area contributed by atoms with E-state index in [0.717, 1.165) is 29.7 Å². The normalized spacial score (nSPS) is 10.6. The summed E-state index contributed by atoms with van der Waals surface area (Å²) >= 11 is 12.1. The zero-order chi connectivity index (χ0) is 14.5. The third-order valence-electron chi connectivity index (χ3n) is 3.23. The molecule has 2 rings (SSSR count). The van der Waals surface area contributed by atoms with Crippen LogP contribution in [0.5, 0.6) is 0 Å². The quantitative estimate of drug-likeness (QED) is 0.844. The van der Waals surface area contributed by atoms with Crippen molar-refractivity contribution in [2.24, 2.45) is 0 Å². The molecule has 2 N–H and O–H groups in total. The fourth-order valence-electron chi connectivity index (χ4n) is 2.28. The van der Waals surface area contributed by atoms with Crippen LogP contribution in [0.1, 0.15) is 12.0 Å². The lowest BCUT2D eigenvalue weighted by Gasteiger charge is -2.15. The van der Waals surface area contributed by atoms with E-state index in [4.69, 9.17) is 28.3 Å². The van der Waals surface area contributed by atoms with Gasteiger partial charge in [-0.3, -0.25) is 0 Å². The fraction of sp³-hybridized carbons (Fsp3) is 0.250. The van der Waals surface area contributed by atoms with Crippen LogP contribution in [0.15, 0.2) is 36.4 Å². The standard InChI is InChI=1S/C16H17Cl2NO/c1-19-15-6-2-4-11(5-3-9-20)16(15)12-7-8-13(17)14(18)10-12/h2,4,6-8,10,19-20H,3,5,9H2,1H3. The molecule has 0 amide bonds. The number of anilines is 1. The van der Waals surface area contributed by atoms with E-state index in [9.17, 15) is 0 Å². The summed E-state index contributed by atoms with van der Waals surface area (Å²) < 4.78 is 0. The summed E-state index contributed by atoms with van der Waals surface area (Å²) in [5.41, 5.74) is 4.36. The van der Waals surface area contributed by atoms with Crippen molar-refractivity contribution in [3.8, 4) is 11.1 Å². The summed E-state index contributed by atoms with van der Waals surface area (Å²) in [5, 5.41) is 13.3. The van der Waals surface area contributed by atoms with Gasteiger partial charge in [-0.05, 0) is 42.2 Å². The number of aryl methyl sites for hydroxylation is 1. The molecule has 0 aliphatic carbocycles. The molecule has 0 aromatic heterocycles. The van der Waals surface area contributed by atoms with E-state index in [-0.39, 0.29) is 6.61 Å². The molecular formula is C16H17Cl2NO. The number of nitrogens with one attached hydrogen (secondary N) is 1. The maximum atomic E-state index is 9.04. The van der Waals surface area contributed by atoms with Gasteiger partial charge in [-0.1, -0.05) is 41.4 Å². The molecule has 2 aromatic carbocycles. The summed E-state index contributed by atoms with van der Waals surface area (Å²) in [5.74, 6) is 0. The number of halogens is 2. The van der Waals surface area contributed by atoms with Gasteiger partial charge >= 0.3 is 0 Å². The van der Waals surface area contributed by atoms with Crippen molar-refractivity contribution in [1.29, 1.82) is 0 Å². The van der Waals surface area contributed by atoms with Gasteiger partial charge in [0, 0.05) is 24.9 Å². The lowest BCUT2D eigenvalue weighted by atomic mass is 9.95. The SMILES string of the molecule is CNc1cccc(CCCO)c1-c1ccc(Cl)c(Cl)c1. The molecule has 0 spiro atoms. The first-order valence-corrected chi connectivity index (χ1v) is 7.29. The minimum atomic E-state index is 0.185. The van der Waals surface area contributed by atoms with Crippen LogP contribution in [0.4, 0.5) is 5.69 Å². The third-order valence-corrected chi connectivity index (χ3v) is 3.97. The third kappa shape index (κ3) is 3.26. The largest absolute Gasteiger partial charge is 0.396 e. The van der Waals surface area contributed by atoms with Gasteiger partial charge in [0.25, 0.3) is 0 Å². The zero-order valence-electron chi connectivity index (χ0n) is 11.3. The molecule has 0 aliphatic heterocycles. The van der Waals surface area contributed by atoms with Crippen molar-refractivity contribution in [3.63, 3.8) is 0 Å². The molecule has 2 aromatic rings. The minimum Gasteiger partial charge on any atom is -0.396 e. The van der Waals surface area contributed by atoms with Gasteiger partial charge in [0.1, 0.15) is 0 Å². The van der Waals surface area contributed by atoms with E-state index in [1.807, 2.05) is 37.4 Å². The Bertz CT molecular complexity index is 599. The Morgan fingerprint density at radius 2 is 1.90 bits per heavy atom. The van der Waals surface area contributed by atoms with Gasteiger partial charge in [0.2, 0.25) is 0 Å². The number of hydrogen-bond donors (Lipinski definition) is 2. The van der Waals surface area contributed by atoms with Crippen LogP contribution >= 0.6 is 23.2 Å². The van der Waals surface area contributed by atoms with Gasteiger partial charge in [0.15, 0.2) is 0 Å². The van der Waals surface area contributed by atoms with E-state index in [2.05, 4.69) is 11.4 Å². The lowest BCUT2D eigenvalue weighted by Crippen LogP contribution is -1.98. The minimum absolute atomic E-state index is 0.185. The average molecular weight is 310 g/mol. The molecule has 0 fully saturated rings. The highest BCUT2D eigenvalue weighted by atomic mass is 35.5. The first-order chi connectivity index (χ1) is 9.67. The summed E-state index contributed by atoms with van der Waals surface area (Å²) in [7, 11) is 1.90. The highest BCUT2D eigenvalue weighted by Crippen LogP contribution is 2.35. The molecule has 20 heavy (non-hydrogen) atoms. The molecule has 4 heteroatoms. The average Bonchev–Trinajstić information content (AvgIpc) is 2.47. The monoisotopic (exact) mass is 309 g/mol. The first-order valence-electron chi connectivity index (χ1n) is 6.53. The molecule has 2 nitrogen and oxygen atoms in total. The second-order valence-electron chi connectivity index (χ2n) is 4.55. The van der Waals surface area contributed by atoms with Crippen molar-refractivity contribution < 1.29 is 5.11 Å². The van der Waals surface area contributed by atoms with Crippen molar-refractivity contribution in [3.05, 3.63) is 52.0 Å². The highest BCUT2D eigenvalue weighted by Gasteiger charge is 2.11. The Morgan fingerprint density at radius 1 is 1.10 bits per heavy atom. The van der Waals surface area contributed by atoms with Gasteiger partial charge in [-0.15, -0.1) is 0 Å². The molecule has 0 heterocycles. The maximum absolute atomic E-state index is 9.04. The predicted molar refractivity (Wildman–Crippen MR) is 86.9 cm³/mol. The van der Waals surface area contributed by atoms with Crippen LogP contribution in [0.25, 0.3) is 11.1 Å². The Balaban J connectivity index is 2.54. The number of aliphatic hydroxyl groups excluding tert-OH is 1. The van der Waals surface area contributed by atoms with Crippen LogP contribution in [-0.2, 0) is 6.42 Å². The van der Waals surface area contributed by atoms with Crippen molar-refractivity contribution in [2.75, 3.05) is 19.0 Å². The van der Waals surface area contributed by atoms with Crippen LogP contribution < -0.4 is 5.32 Å². The predicted octanol–water partition coefficient (Wildman–Crippen LogP) is 4.63. The van der Waals surface area contributed by atoms with E-state index >= 15 is 0 Å². The van der Waals surface area contributed by atoms with Crippen LogP contribution in [0, 0.1) is 0 Å². The molecule has 0 saturated heterocycles. The van der Waals surface area contributed by atoms with Crippen molar-refractivity contribution in [2.45, 2.75) is 12.8 Å². The van der Waals surface area contributed by atoms with Gasteiger partial charge in [-0.25, -0.2) is 0 Å². The second kappa shape index (κ2) is 6.98. The lowest BCUT2D eigenvalue weighted by molar-refractivity contribution is 0.288. The summed E-state index contributed by atoms with van der Waals surface area (Å²) in [6, 6.07) is 11.8. The molecule has 0 saturated carbocycles. The number of hydrogen-bond acceptors (Lipinski definition) is 2. The Kier molecular flexibility index (Phi) is 5.30. The summed E-state index contributed by atoms with van der Waals surface area (Å²) in [6.45, 7) is 0.185. The van der Waals surface area contributed by atoms with Crippen molar-refractivity contribution >= 4 is 28.9 Å². The molecule has 0 atom stereocenters. The Morgan fingerprint density at radius 3 is 2.55 bits per heavy atom. The maximum Gasteiger partial charge on any atom is 0.0598 e. The van der Waals surface area contributed by atoms with Gasteiger partial charge < -0.3 is 10.4 Å². The first kappa shape index (κ1) is 15.2. The van der Waals surface area contributed by atoms with Crippen LogP contribution in [0.2, 0.25) is 10.0 Å². The van der Waals surface area contributed by atoms with E-state index < -0.39 is 0 Å². The van der Waals surface area contributed by atoms with Gasteiger partial charge in [0.05, 0.1) is 10.0 Å². The van der Waals surface area contributed by atoms with Crippen LogP contribution in [-0.4, -0.2) is 18.8 Å². The molecule has 0 bridgehead atoms. The smallest absolute Gasteiger partial charge is 0.0598 e.